The summed E-state index contributed by atoms with van der Waals surface area (Å²) in [4.78, 5) is 12.4. The quantitative estimate of drug-likeness (QED) is 0.802. The van der Waals surface area contributed by atoms with E-state index in [1.54, 1.807) is 6.07 Å². The Balaban J connectivity index is 2.18. The molecule has 0 atom stereocenters. The van der Waals surface area contributed by atoms with Crippen LogP contribution in [0.4, 0.5) is 10.1 Å². The summed E-state index contributed by atoms with van der Waals surface area (Å²) in [6.07, 6.45) is 0.553. The highest BCUT2D eigenvalue weighted by Crippen LogP contribution is 2.18. The number of anilines is 1. The predicted octanol–water partition coefficient (Wildman–Crippen LogP) is 3.48. The van der Waals surface area contributed by atoms with Gasteiger partial charge in [-0.1, -0.05) is 24.6 Å². The molecule has 7 heteroatoms. The fourth-order valence-corrected chi connectivity index (χ4v) is 4.08. The lowest BCUT2D eigenvalue weighted by Gasteiger charge is -2.21. The fourth-order valence-electron chi connectivity index (χ4n) is 2.59. The van der Waals surface area contributed by atoms with Gasteiger partial charge in [-0.15, -0.1) is 0 Å². The summed E-state index contributed by atoms with van der Waals surface area (Å²) in [5, 5.41) is 2.75. The summed E-state index contributed by atoms with van der Waals surface area (Å²) < 4.78 is 39.7. The maximum Gasteiger partial charge on any atom is 0.243 e. The van der Waals surface area contributed by atoms with Crippen molar-refractivity contribution in [2.24, 2.45) is 0 Å². The Hall–Kier alpha value is -2.25. The van der Waals surface area contributed by atoms with Crippen LogP contribution in [0.3, 0.4) is 0 Å². The Bertz CT molecular complexity index is 880. The van der Waals surface area contributed by atoms with E-state index in [1.807, 2.05) is 32.9 Å². The molecule has 0 aliphatic rings. The van der Waals surface area contributed by atoms with E-state index in [4.69, 9.17) is 0 Å². The van der Waals surface area contributed by atoms with Crippen LogP contribution < -0.4 is 5.32 Å². The second kappa shape index (κ2) is 8.42. The summed E-state index contributed by atoms with van der Waals surface area (Å²) >= 11 is 0. The topological polar surface area (TPSA) is 66.5 Å². The van der Waals surface area contributed by atoms with Gasteiger partial charge in [0.25, 0.3) is 0 Å². The van der Waals surface area contributed by atoms with Crippen LogP contribution in [0, 0.1) is 19.7 Å². The summed E-state index contributed by atoms with van der Waals surface area (Å²) in [6, 6.07) is 10.2. The van der Waals surface area contributed by atoms with E-state index >= 15 is 0 Å². The molecular weight excluding hydrogens is 355 g/mol. The van der Waals surface area contributed by atoms with Gasteiger partial charge in [-0.25, -0.2) is 12.8 Å². The minimum atomic E-state index is -3.88. The van der Waals surface area contributed by atoms with Gasteiger partial charge in [-0.05, 0) is 56.2 Å². The number of halogens is 1. The number of aryl methyl sites for hydroxylation is 2. The van der Waals surface area contributed by atoms with E-state index in [0.717, 1.165) is 27.6 Å². The number of hydrogen-bond acceptors (Lipinski definition) is 3. The van der Waals surface area contributed by atoms with Crippen LogP contribution in [0.5, 0.6) is 0 Å². The first-order valence-electron chi connectivity index (χ1n) is 8.37. The maximum absolute atomic E-state index is 13.1. The number of carbonyl (C=O) groups is 1. The SMILES string of the molecule is CCCN(CC(=O)Nc1ccc(C)cc1C)S(=O)(=O)c1ccc(F)cc1. The van der Waals surface area contributed by atoms with Crippen molar-refractivity contribution in [2.45, 2.75) is 32.1 Å². The number of nitrogens with zero attached hydrogens (tertiary/aromatic N) is 1. The first-order valence-corrected chi connectivity index (χ1v) is 9.81. The van der Waals surface area contributed by atoms with Crippen LogP contribution in [0.1, 0.15) is 24.5 Å². The van der Waals surface area contributed by atoms with E-state index < -0.39 is 21.7 Å². The van der Waals surface area contributed by atoms with E-state index in [0.29, 0.717) is 12.1 Å². The molecule has 0 aliphatic heterocycles. The Morgan fingerprint density at radius 3 is 2.35 bits per heavy atom. The van der Waals surface area contributed by atoms with E-state index in [2.05, 4.69) is 5.32 Å². The molecule has 2 aromatic carbocycles. The number of carbonyl (C=O) groups excluding carboxylic acids is 1. The van der Waals surface area contributed by atoms with E-state index in [-0.39, 0.29) is 18.0 Å². The number of amides is 1. The van der Waals surface area contributed by atoms with Crippen LogP contribution in [0.25, 0.3) is 0 Å². The van der Waals surface area contributed by atoms with Crippen LogP contribution >= 0.6 is 0 Å². The lowest BCUT2D eigenvalue weighted by atomic mass is 10.1. The van der Waals surface area contributed by atoms with E-state index in [9.17, 15) is 17.6 Å². The molecule has 0 fully saturated rings. The van der Waals surface area contributed by atoms with Crippen LogP contribution in [-0.2, 0) is 14.8 Å². The molecule has 0 saturated carbocycles. The van der Waals surface area contributed by atoms with Crippen molar-refractivity contribution in [1.82, 2.24) is 4.31 Å². The normalized spacial score (nSPS) is 11.6. The first kappa shape index (κ1) is 20.1. The van der Waals surface area contributed by atoms with Crippen LogP contribution in [0.2, 0.25) is 0 Å². The number of rotatable bonds is 7. The first-order chi connectivity index (χ1) is 12.2. The van der Waals surface area contributed by atoms with Gasteiger partial charge in [0, 0.05) is 12.2 Å². The van der Waals surface area contributed by atoms with Crippen molar-refractivity contribution in [3.63, 3.8) is 0 Å². The molecule has 26 heavy (non-hydrogen) atoms. The van der Waals surface area contributed by atoms with Crippen molar-refractivity contribution in [2.75, 3.05) is 18.4 Å². The lowest BCUT2D eigenvalue weighted by Crippen LogP contribution is -2.38. The second-order valence-electron chi connectivity index (χ2n) is 6.16. The predicted molar refractivity (Wildman–Crippen MR) is 100.0 cm³/mol. The maximum atomic E-state index is 13.1. The molecule has 2 aromatic rings. The smallest absolute Gasteiger partial charge is 0.243 e. The molecule has 5 nitrogen and oxygen atoms in total. The highest BCUT2D eigenvalue weighted by Gasteiger charge is 2.26. The largest absolute Gasteiger partial charge is 0.325 e. The number of hydrogen-bond donors (Lipinski definition) is 1. The zero-order chi connectivity index (χ0) is 19.3. The van der Waals surface area contributed by atoms with Gasteiger partial charge in [0.05, 0.1) is 11.4 Å². The minimum absolute atomic E-state index is 0.0355. The second-order valence-corrected chi connectivity index (χ2v) is 8.10. The molecule has 0 spiro atoms. The summed E-state index contributed by atoms with van der Waals surface area (Å²) in [7, 11) is -3.88. The van der Waals surface area contributed by atoms with Crippen molar-refractivity contribution in [3.05, 3.63) is 59.4 Å². The molecule has 0 radical (unpaired) electrons. The fraction of sp³-hybridized carbons (Fsp3) is 0.316. The van der Waals surface area contributed by atoms with Crippen LogP contribution in [-0.4, -0.2) is 31.7 Å². The molecule has 0 unspecified atom stereocenters. The molecule has 0 aromatic heterocycles. The zero-order valence-electron chi connectivity index (χ0n) is 15.1. The van der Waals surface area contributed by atoms with Crippen molar-refractivity contribution >= 4 is 21.6 Å². The van der Waals surface area contributed by atoms with Gasteiger partial charge in [0.2, 0.25) is 15.9 Å². The third-order valence-electron chi connectivity index (χ3n) is 3.90. The Morgan fingerprint density at radius 2 is 1.77 bits per heavy atom. The van der Waals surface area contributed by atoms with Crippen molar-refractivity contribution in [1.29, 1.82) is 0 Å². The number of sulfonamides is 1. The van der Waals surface area contributed by atoms with Gasteiger partial charge < -0.3 is 5.32 Å². The number of nitrogens with one attached hydrogen (secondary N) is 1. The molecule has 2 rings (SSSR count). The Morgan fingerprint density at radius 1 is 1.12 bits per heavy atom. The Labute approximate surface area is 153 Å². The third kappa shape index (κ3) is 4.89. The zero-order valence-corrected chi connectivity index (χ0v) is 15.9. The van der Waals surface area contributed by atoms with Crippen LogP contribution in [0.15, 0.2) is 47.4 Å². The summed E-state index contributed by atoms with van der Waals surface area (Å²) in [5.74, 6) is -0.935. The average molecular weight is 378 g/mol. The highest BCUT2D eigenvalue weighted by molar-refractivity contribution is 7.89. The molecule has 0 bridgehead atoms. The Kier molecular flexibility index (Phi) is 6.50. The molecule has 1 amide bonds. The lowest BCUT2D eigenvalue weighted by molar-refractivity contribution is -0.116. The number of benzene rings is 2. The standard InChI is InChI=1S/C19H23FN2O3S/c1-4-11-22(26(24,25)17-8-6-16(20)7-9-17)13-19(23)21-18-10-5-14(2)12-15(18)3/h5-10,12H,4,11,13H2,1-3H3,(H,21,23). The highest BCUT2D eigenvalue weighted by atomic mass is 32.2. The van der Waals surface area contributed by atoms with Crippen molar-refractivity contribution in [3.8, 4) is 0 Å². The average Bonchev–Trinajstić information content (AvgIpc) is 2.57. The summed E-state index contributed by atoms with van der Waals surface area (Å²) in [5.41, 5.74) is 2.63. The molecule has 1 N–H and O–H groups in total. The van der Waals surface area contributed by atoms with E-state index in [1.165, 1.54) is 12.1 Å². The van der Waals surface area contributed by atoms with Gasteiger partial charge in [0.15, 0.2) is 0 Å². The van der Waals surface area contributed by atoms with Crippen molar-refractivity contribution < 1.29 is 17.6 Å². The summed E-state index contributed by atoms with van der Waals surface area (Å²) in [6.45, 7) is 5.55. The molecule has 140 valence electrons. The van der Waals surface area contributed by atoms with Gasteiger partial charge in [0.1, 0.15) is 5.82 Å². The van der Waals surface area contributed by atoms with Gasteiger partial charge >= 0.3 is 0 Å². The van der Waals surface area contributed by atoms with Gasteiger partial charge in [-0.2, -0.15) is 4.31 Å². The molecular formula is C19H23FN2O3S. The third-order valence-corrected chi connectivity index (χ3v) is 5.76. The minimum Gasteiger partial charge on any atom is -0.325 e. The molecule has 0 aliphatic carbocycles. The molecule has 0 heterocycles. The monoisotopic (exact) mass is 378 g/mol. The molecule has 0 saturated heterocycles. The van der Waals surface area contributed by atoms with Gasteiger partial charge in [-0.3, -0.25) is 4.79 Å².